The molecule has 0 saturated carbocycles. The van der Waals surface area contributed by atoms with Crippen molar-refractivity contribution in [1.29, 1.82) is 0 Å². The zero-order valence-electron chi connectivity index (χ0n) is 5.23. The van der Waals surface area contributed by atoms with Gasteiger partial charge >= 0.3 is 0 Å². The first-order valence-corrected chi connectivity index (χ1v) is 2.92. The van der Waals surface area contributed by atoms with Gasteiger partial charge in [0, 0.05) is 13.5 Å². The van der Waals surface area contributed by atoms with Gasteiger partial charge in [0.05, 0.1) is 0 Å². The highest BCUT2D eigenvalue weighted by molar-refractivity contribution is 7.80. The van der Waals surface area contributed by atoms with Gasteiger partial charge in [-0.3, -0.25) is 4.79 Å². The molecule has 0 atom stereocenters. The van der Waals surface area contributed by atoms with Crippen LogP contribution in [-0.4, -0.2) is 17.6 Å². The molecular formula is C5H9N2OS. The Labute approximate surface area is 59.8 Å². The van der Waals surface area contributed by atoms with Gasteiger partial charge in [-0.05, 0) is 19.1 Å². The number of hydrogen-bond acceptors (Lipinski definition) is 2. The number of hydrogen-bond donors (Lipinski definition) is 2. The highest BCUT2D eigenvalue weighted by atomic mass is 32.1. The Morgan fingerprint density at radius 3 is 2.67 bits per heavy atom. The fourth-order valence-corrected chi connectivity index (χ4v) is 0.563. The molecule has 0 aliphatic rings. The van der Waals surface area contributed by atoms with E-state index >= 15 is 0 Å². The van der Waals surface area contributed by atoms with Crippen LogP contribution in [0.15, 0.2) is 0 Å². The molecule has 0 fully saturated rings. The van der Waals surface area contributed by atoms with Gasteiger partial charge in [-0.1, -0.05) is 0 Å². The second kappa shape index (κ2) is 4.26. The van der Waals surface area contributed by atoms with E-state index in [-0.39, 0.29) is 5.91 Å². The lowest BCUT2D eigenvalue weighted by Crippen LogP contribution is -2.37. The van der Waals surface area contributed by atoms with E-state index in [1.807, 2.05) is 0 Å². The van der Waals surface area contributed by atoms with Crippen molar-refractivity contribution >= 4 is 23.2 Å². The predicted molar refractivity (Wildman–Crippen MR) is 39.8 cm³/mol. The fraction of sp³-hybridized carbons (Fsp3) is 0.400. The van der Waals surface area contributed by atoms with Gasteiger partial charge in [0.2, 0.25) is 5.91 Å². The molecule has 1 radical (unpaired) electrons. The first-order chi connectivity index (χ1) is 4.16. The standard InChI is InChI=1S/C5H9N2OS/c1-3-6-5(9)7-4(2)8/h1,3H2,2H3,(H2,6,7,8,9). The maximum absolute atomic E-state index is 10.3. The Bertz CT molecular complexity index is 124. The first kappa shape index (κ1) is 8.36. The summed E-state index contributed by atoms with van der Waals surface area (Å²) in [6.45, 7) is 5.37. The smallest absolute Gasteiger partial charge is 0.222 e. The van der Waals surface area contributed by atoms with Crippen LogP contribution in [0.25, 0.3) is 0 Å². The summed E-state index contributed by atoms with van der Waals surface area (Å²) in [6, 6.07) is 0. The van der Waals surface area contributed by atoms with Crippen LogP contribution in [0.4, 0.5) is 0 Å². The second-order valence-electron chi connectivity index (χ2n) is 1.44. The molecular weight excluding hydrogens is 136 g/mol. The summed E-state index contributed by atoms with van der Waals surface area (Å²) in [5, 5.41) is 5.38. The Morgan fingerprint density at radius 1 is 1.78 bits per heavy atom. The van der Waals surface area contributed by atoms with E-state index < -0.39 is 0 Å². The molecule has 4 heteroatoms. The molecule has 2 N–H and O–H groups in total. The van der Waals surface area contributed by atoms with Gasteiger partial charge < -0.3 is 10.6 Å². The largest absolute Gasteiger partial charge is 0.362 e. The molecule has 0 rings (SSSR count). The van der Waals surface area contributed by atoms with Crippen LogP contribution in [0.2, 0.25) is 0 Å². The van der Waals surface area contributed by atoms with E-state index in [1.54, 1.807) is 0 Å². The van der Waals surface area contributed by atoms with Gasteiger partial charge in [0.1, 0.15) is 0 Å². The lowest BCUT2D eigenvalue weighted by Gasteiger charge is -2.02. The van der Waals surface area contributed by atoms with E-state index in [9.17, 15) is 4.79 Å². The SMILES string of the molecule is [CH2]CNC(=S)NC(C)=O. The van der Waals surface area contributed by atoms with E-state index in [2.05, 4.69) is 29.8 Å². The average molecular weight is 145 g/mol. The lowest BCUT2D eigenvalue weighted by molar-refractivity contribution is -0.117. The highest BCUT2D eigenvalue weighted by Gasteiger charge is 1.93. The van der Waals surface area contributed by atoms with Crippen molar-refractivity contribution in [3.8, 4) is 0 Å². The van der Waals surface area contributed by atoms with Gasteiger partial charge in [-0.15, -0.1) is 0 Å². The number of rotatable bonds is 1. The third-order valence-electron chi connectivity index (χ3n) is 0.575. The van der Waals surface area contributed by atoms with E-state index in [0.717, 1.165) is 0 Å². The number of thiocarbonyl (C=S) groups is 1. The molecule has 51 valence electrons. The quantitative estimate of drug-likeness (QED) is 0.503. The molecule has 1 amide bonds. The maximum atomic E-state index is 10.3. The Balaban J connectivity index is 3.39. The molecule has 0 spiro atoms. The van der Waals surface area contributed by atoms with Gasteiger partial charge in [0.25, 0.3) is 0 Å². The summed E-state index contributed by atoms with van der Waals surface area (Å²) in [4.78, 5) is 10.3. The van der Waals surface area contributed by atoms with Crippen LogP contribution in [0.5, 0.6) is 0 Å². The van der Waals surface area contributed by atoms with E-state index in [4.69, 9.17) is 0 Å². The molecule has 0 aromatic heterocycles. The first-order valence-electron chi connectivity index (χ1n) is 2.51. The van der Waals surface area contributed by atoms with Crippen molar-refractivity contribution in [2.24, 2.45) is 0 Å². The van der Waals surface area contributed by atoms with Crippen molar-refractivity contribution in [1.82, 2.24) is 10.6 Å². The van der Waals surface area contributed by atoms with E-state index in [1.165, 1.54) is 6.92 Å². The molecule has 0 heterocycles. The van der Waals surface area contributed by atoms with Crippen molar-refractivity contribution in [2.45, 2.75) is 6.92 Å². The van der Waals surface area contributed by atoms with Crippen LogP contribution < -0.4 is 10.6 Å². The van der Waals surface area contributed by atoms with Crippen LogP contribution >= 0.6 is 12.2 Å². The molecule has 0 aromatic rings. The van der Waals surface area contributed by atoms with E-state index in [0.29, 0.717) is 11.7 Å². The molecule has 0 aromatic carbocycles. The maximum Gasteiger partial charge on any atom is 0.222 e. The van der Waals surface area contributed by atoms with Crippen molar-refractivity contribution in [3.05, 3.63) is 6.92 Å². The van der Waals surface area contributed by atoms with Crippen LogP contribution in [0.1, 0.15) is 6.92 Å². The Morgan fingerprint density at radius 2 is 2.33 bits per heavy atom. The topological polar surface area (TPSA) is 41.1 Å². The highest BCUT2D eigenvalue weighted by Crippen LogP contribution is 1.65. The third kappa shape index (κ3) is 5.23. The normalized spacial score (nSPS) is 8.22. The number of amides is 1. The second-order valence-corrected chi connectivity index (χ2v) is 1.85. The molecule has 9 heavy (non-hydrogen) atoms. The van der Waals surface area contributed by atoms with Gasteiger partial charge in [-0.2, -0.15) is 0 Å². The minimum absolute atomic E-state index is 0.166. The van der Waals surface area contributed by atoms with Crippen LogP contribution in [-0.2, 0) is 4.79 Å². The summed E-state index contributed by atoms with van der Waals surface area (Å²) >= 11 is 4.65. The summed E-state index contributed by atoms with van der Waals surface area (Å²) in [6.07, 6.45) is 0. The van der Waals surface area contributed by atoms with Crippen LogP contribution in [0, 0.1) is 6.92 Å². The molecule has 0 bridgehead atoms. The van der Waals surface area contributed by atoms with Gasteiger partial charge in [-0.25, -0.2) is 0 Å². The molecule has 3 nitrogen and oxygen atoms in total. The molecule has 0 saturated heterocycles. The van der Waals surface area contributed by atoms with Crippen molar-refractivity contribution in [3.63, 3.8) is 0 Å². The minimum atomic E-state index is -0.166. The number of nitrogens with one attached hydrogen (secondary N) is 2. The Kier molecular flexibility index (Phi) is 3.96. The summed E-state index contributed by atoms with van der Waals surface area (Å²) < 4.78 is 0. The zero-order chi connectivity index (χ0) is 7.28. The predicted octanol–water partition coefficient (Wildman–Crippen LogP) is -0.169. The van der Waals surface area contributed by atoms with Gasteiger partial charge in [0.15, 0.2) is 5.11 Å². The Hall–Kier alpha value is -0.640. The molecule has 0 unspecified atom stereocenters. The number of carbonyl (C=O) groups is 1. The summed E-state index contributed by atoms with van der Waals surface area (Å²) in [5.41, 5.74) is 0. The fourth-order valence-electron chi connectivity index (χ4n) is 0.318. The zero-order valence-corrected chi connectivity index (χ0v) is 6.05. The molecule has 0 aliphatic heterocycles. The average Bonchev–Trinajstić information content (AvgIpc) is 1.63. The number of carbonyl (C=O) groups excluding carboxylic acids is 1. The lowest BCUT2D eigenvalue weighted by atomic mass is 10.7. The molecule has 0 aliphatic carbocycles. The third-order valence-corrected chi connectivity index (χ3v) is 0.822. The summed E-state index contributed by atoms with van der Waals surface area (Å²) in [7, 11) is 0. The van der Waals surface area contributed by atoms with Crippen molar-refractivity contribution in [2.75, 3.05) is 6.54 Å². The van der Waals surface area contributed by atoms with Crippen LogP contribution in [0.3, 0.4) is 0 Å². The van der Waals surface area contributed by atoms with Crippen molar-refractivity contribution < 1.29 is 4.79 Å². The summed E-state index contributed by atoms with van der Waals surface area (Å²) in [5.74, 6) is -0.166. The minimum Gasteiger partial charge on any atom is -0.362 e. The monoisotopic (exact) mass is 145 g/mol.